The Morgan fingerprint density at radius 3 is 2.50 bits per heavy atom. The molecule has 1 spiro atoms. The molecule has 0 amide bonds. The fourth-order valence-corrected chi connectivity index (χ4v) is 7.65. The van der Waals surface area contributed by atoms with Crippen molar-refractivity contribution < 1.29 is 9.59 Å². The maximum absolute atomic E-state index is 12.8. The van der Waals surface area contributed by atoms with Crippen LogP contribution in [0.25, 0.3) is 0 Å². The molecular formula is C20H28O2. The van der Waals surface area contributed by atoms with Crippen molar-refractivity contribution in [1.82, 2.24) is 0 Å². The minimum absolute atomic E-state index is 0.0796. The zero-order valence-corrected chi connectivity index (χ0v) is 14.5. The Morgan fingerprint density at radius 2 is 1.82 bits per heavy atom. The summed E-state index contributed by atoms with van der Waals surface area (Å²) < 4.78 is 0. The number of allylic oxidation sites excluding steroid dienone is 2. The highest BCUT2D eigenvalue weighted by Crippen LogP contribution is 2.79. The van der Waals surface area contributed by atoms with Crippen molar-refractivity contribution in [3.05, 3.63) is 12.2 Å². The van der Waals surface area contributed by atoms with Crippen LogP contribution < -0.4 is 0 Å². The summed E-state index contributed by atoms with van der Waals surface area (Å²) in [6.07, 6.45) is 7.88. The van der Waals surface area contributed by atoms with Crippen molar-refractivity contribution in [3.63, 3.8) is 0 Å². The van der Waals surface area contributed by atoms with Crippen molar-refractivity contribution in [3.8, 4) is 0 Å². The Kier molecular flexibility index (Phi) is 2.51. The molecule has 0 aromatic rings. The van der Waals surface area contributed by atoms with E-state index in [0.717, 1.165) is 19.3 Å². The third kappa shape index (κ3) is 1.27. The smallest absolute Gasteiger partial charge is 0.161 e. The van der Waals surface area contributed by atoms with Crippen LogP contribution in [-0.4, -0.2) is 11.6 Å². The second kappa shape index (κ2) is 3.76. The lowest BCUT2D eigenvalue weighted by atomic mass is 9.52. The largest absolute Gasteiger partial charge is 0.299 e. The van der Waals surface area contributed by atoms with E-state index in [-0.39, 0.29) is 21.7 Å². The first kappa shape index (κ1) is 14.7. The molecule has 0 N–H and O–H groups in total. The highest BCUT2D eigenvalue weighted by molar-refractivity contribution is 5.97. The fourth-order valence-electron chi connectivity index (χ4n) is 7.65. The van der Waals surface area contributed by atoms with Gasteiger partial charge in [-0.2, -0.15) is 0 Å². The van der Waals surface area contributed by atoms with Gasteiger partial charge in [-0.05, 0) is 53.9 Å². The van der Waals surface area contributed by atoms with Crippen molar-refractivity contribution in [2.45, 2.75) is 60.3 Å². The van der Waals surface area contributed by atoms with Gasteiger partial charge in [-0.15, -0.1) is 0 Å². The second-order valence-electron chi connectivity index (χ2n) is 9.66. The molecule has 3 saturated carbocycles. The third-order valence-corrected chi connectivity index (χ3v) is 8.45. The summed E-state index contributed by atoms with van der Waals surface area (Å²) in [7, 11) is 0. The third-order valence-electron chi connectivity index (χ3n) is 8.45. The molecular weight excluding hydrogens is 272 g/mol. The van der Waals surface area contributed by atoms with Crippen molar-refractivity contribution >= 4 is 11.6 Å². The van der Waals surface area contributed by atoms with E-state index < -0.39 is 0 Å². The van der Waals surface area contributed by atoms with Gasteiger partial charge in [0.25, 0.3) is 0 Å². The molecule has 0 aliphatic heterocycles. The van der Waals surface area contributed by atoms with Gasteiger partial charge in [0, 0.05) is 17.3 Å². The van der Waals surface area contributed by atoms with Gasteiger partial charge < -0.3 is 0 Å². The molecule has 4 rings (SSSR count). The normalized spacial score (nSPS) is 55.2. The highest BCUT2D eigenvalue weighted by atomic mass is 16.1. The summed E-state index contributed by atoms with van der Waals surface area (Å²) in [5.41, 5.74) is -0.265. The topological polar surface area (TPSA) is 34.1 Å². The van der Waals surface area contributed by atoms with Crippen molar-refractivity contribution in [2.24, 2.45) is 39.4 Å². The number of carbonyl (C=O) groups is 2. The summed E-state index contributed by atoms with van der Waals surface area (Å²) >= 11 is 0. The SMILES string of the molecule is CC1C=CC(=O)C2(C)CCC3C4C(C)(CC(=O)C4(C)C)CC132. The van der Waals surface area contributed by atoms with Crippen molar-refractivity contribution in [1.29, 1.82) is 0 Å². The number of fused-ring (bicyclic) bond motifs is 2. The zero-order chi connectivity index (χ0) is 16.1. The summed E-state index contributed by atoms with van der Waals surface area (Å²) in [5.74, 6) is 2.18. The Bertz CT molecular complexity index is 615. The summed E-state index contributed by atoms with van der Waals surface area (Å²) in [6.45, 7) is 11.2. The van der Waals surface area contributed by atoms with E-state index in [1.807, 2.05) is 6.08 Å². The van der Waals surface area contributed by atoms with E-state index >= 15 is 0 Å². The molecule has 6 unspecified atom stereocenters. The predicted molar refractivity (Wildman–Crippen MR) is 86.2 cm³/mol. The van der Waals surface area contributed by atoms with Crippen LogP contribution in [-0.2, 0) is 9.59 Å². The van der Waals surface area contributed by atoms with E-state index in [4.69, 9.17) is 0 Å². The average Bonchev–Trinajstić information content (AvgIpc) is 2.91. The lowest BCUT2D eigenvalue weighted by Gasteiger charge is -2.50. The number of carbonyl (C=O) groups excluding carboxylic acids is 2. The summed E-state index contributed by atoms with van der Waals surface area (Å²) in [5, 5.41) is 0. The summed E-state index contributed by atoms with van der Waals surface area (Å²) in [6, 6.07) is 0. The lowest BCUT2D eigenvalue weighted by molar-refractivity contribution is -0.135. The molecule has 22 heavy (non-hydrogen) atoms. The van der Waals surface area contributed by atoms with Gasteiger partial charge in [0.05, 0.1) is 0 Å². The first-order chi connectivity index (χ1) is 10.1. The van der Waals surface area contributed by atoms with E-state index in [1.54, 1.807) is 0 Å². The van der Waals surface area contributed by atoms with Gasteiger partial charge in [0.1, 0.15) is 5.78 Å². The molecule has 2 heteroatoms. The van der Waals surface area contributed by atoms with Gasteiger partial charge in [-0.25, -0.2) is 0 Å². The standard InChI is InChI=1S/C20H28O2/c1-12-6-7-14(21)19(5)9-8-13-16-17(2,3)15(22)10-18(16,4)11-20(12,13)19/h6-7,12-13,16H,8-11H2,1-5H3. The fraction of sp³-hybridized carbons (Fsp3) is 0.800. The number of hydrogen-bond acceptors (Lipinski definition) is 2. The first-order valence-corrected chi connectivity index (χ1v) is 8.85. The van der Waals surface area contributed by atoms with Gasteiger partial charge in [-0.3, -0.25) is 9.59 Å². The van der Waals surface area contributed by atoms with Crippen LogP contribution in [0.3, 0.4) is 0 Å². The molecule has 0 bridgehead atoms. The molecule has 120 valence electrons. The van der Waals surface area contributed by atoms with Crippen LogP contribution in [0.1, 0.15) is 60.3 Å². The van der Waals surface area contributed by atoms with Gasteiger partial charge in [0.15, 0.2) is 5.78 Å². The number of ketones is 2. The molecule has 0 aromatic heterocycles. The predicted octanol–water partition coefficient (Wildman–Crippen LogP) is 4.19. The maximum atomic E-state index is 12.8. The maximum Gasteiger partial charge on any atom is 0.161 e. The molecule has 0 heterocycles. The molecule has 0 radical (unpaired) electrons. The molecule has 4 aliphatic carbocycles. The van der Waals surface area contributed by atoms with Crippen LogP contribution >= 0.6 is 0 Å². The summed E-state index contributed by atoms with van der Waals surface area (Å²) in [4.78, 5) is 25.4. The molecule has 6 atom stereocenters. The van der Waals surface area contributed by atoms with Crippen LogP contribution in [0.15, 0.2) is 12.2 Å². The Labute approximate surface area is 133 Å². The number of hydrogen-bond donors (Lipinski definition) is 0. The lowest BCUT2D eigenvalue weighted by Crippen LogP contribution is -2.50. The second-order valence-corrected chi connectivity index (χ2v) is 9.66. The van der Waals surface area contributed by atoms with Gasteiger partial charge in [-0.1, -0.05) is 40.7 Å². The number of Topliss-reactive ketones (excluding diaryl/α,β-unsaturated/α-hetero) is 1. The van der Waals surface area contributed by atoms with E-state index in [9.17, 15) is 9.59 Å². The Balaban J connectivity index is 1.92. The van der Waals surface area contributed by atoms with Crippen LogP contribution in [0.5, 0.6) is 0 Å². The minimum Gasteiger partial charge on any atom is -0.299 e. The van der Waals surface area contributed by atoms with E-state index in [1.165, 1.54) is 0 Å². The van der Waals surface area contributed by atoms with Gasteiger partial charge in [0.2, 0.25) is 0 Å². The molecule has 4 aliphatic rings. The van der Waals surface area contributed by atoms with Crippen LogP contribution in [0.2, 0.25) is 0 Å². The molecule has 3 fully saturated rings. The quantitative estimate of drug-likeness (QED) is 0.672. The van der Waals surface area contributed by atoms with E-state index in [0.29, 0.717) is 35.7 Å². The zero-order valence-electron chi connectivity index (χ0n) is 14.5. The van der Waals surface area contributed by atoms with Gasteiger partial charge >= 0.3 is 0 Å². The monoisotopic (exact) mass is 300 g/mol. The Hall–Kier alpha value is -0.920. The first-order valence-electron chi connectivity index (χ1n) is 8.85. The average molecular weight is 300 g/mol. The molecule has 2 nitrogen and oxygen atoms in total. The molecule has 0 aromatic carbocycles. The number of rotatable bonds is 0. The van der Waals surface area contributed by atoms with Crippen molar-refractivity contribution in [2.75, 3.05) is 0 Å². The minimum atomic E-state index is -0.224. The Morgan fingerprint density at radius 1 is 1.14 bits per heavy atom. The van der Waals surface area contributed by atoms with Crippen LogP contribution in [0, 0.1) is 39.4 Å². The molecule has 0 saturated heterocycles. The van der Waals surface area contributed by atoms with Crippen LogP contribution in [0.4, 0.5) is 0 Å². The highest BCUT2D eigenvalue weighted by Gasteiger charge is 2.76. The van der Waals surface area contributed by atoms with E-state index in [2.05, 4.69) is 40.7 Å².